The summed E-state index contributed by atoms with van der Waals surface area (Å²) in [5.74, 6) is 0. The molecule has 1 N–H and O–H groups in total. The van der Waals surface area contributed by atoms with Crippen LogP contribution in [0.1, 0.15) is 42.9 Å². The van der Waals surface area contributed by atoms with Crippen molar-refractivity contribution in [1.82, 2.24) is 14.9 Å². The Labute approximate surface area is 161 Å². The molecular formula is C23H28N4. The highest BCUT2D eigenvalue weighted by Crippen LogP contribution is 2.26. The molecule has 0 amide bonds. The van der Waals surface area contributed by atoms with Crippen molar-refractivity contribution in [3.8, 4) is 0 Å². The normalized spacial score (nSPS) is 16.8. The molecule has 1 aliphatic rings. The predicted octanol–water partition coefficient (Wildman–Crippen LogP) is 4.97. The molecular weight excluding hydrogens is 332 g/mol. The van der Waals surface area contributed by atoms with E-state index < -0.39 is 0 Å². The average Bonchev–Trinajstić information content (AvgIpc) is 2.99. The number of aromatic nitrogens is 2. The van der Waals surface area contributed by atoms with Crippen molar-refractivity contribution in [2.45, 2.75) is 38.6 Å². The van der Waals surface area contributed by atoms with E-state index in [1.807, 2.05) is 24.7 Å². The van der Waals surface area contributed by atoms with Crippen LogP contribution in [0.4, 0.5) is 5.69 Å². The molecule has 1 aromatic carbocycles. The molecule has 0 saturated carbocycles. The molecule has 4 rings (SSSR count). The lowest BCUT2D eigenvalue weighted by Crippen LogP contribution is -2.34. The number of pyridine rings is 2. The van der Waals surface area contributed by atoms with E-state index in [0.29, 0.717) is 6.04 Å². The van der Waals surface area contributed by atoms with Crippen LogP contribution in [0.2, 0.25) is 0 Å². The minimum Gasteiger partial charge on any atom is -0.380 e. The number of likely N-dealkylation sites (tertiary alicyclic amines) is 1. The number of anilines is 1. The van der Waals surface area contributed by atoms with Gasteiger partial charge >= 0.3 is 0 Å². The van der Waals surface area contributed by atoms with Gasteiger partial charge in [-0.1, -0.05) is 42.7 Å². The minimum atomic E-state index is 0.364. The molecule has 1 saturated heterocycles. The Kier molecular flexibility index (Phi) is 5.64. The van der Waals surface area contributed by atoms with Crippen molar-refractivity contribution in [2.24, 2.45) is 0 Å². The van der Waals surface area contributed by atoms with Crippen molar-refractivity contribution >= 4 is 16.6 Å². The third-order valence-electron chi connectivity index (χ3n) is 5.54. The van der Waals surface area contributed by atoms with Crippen molar-refractivity contribution < 1.29 is 0 Å². The van der Waals surface area contributed by atoms with Gasteiger partial charge in [-0.15, -0.1) is 0 Å². The van der Waals surface area contributed by atoms with Gasteiger partial charge in [-0.2, -0.15) is 0 Å². The topological polar surface area (TPSA) is 41.1 Å². The predicted molar refractivity (Wildman–Crippen MR) is 112 cm³/mol. The molecule has 1 aliphatic heterocycles. The molecule has 1 atom stereocenters. The van der Waals surface area contributed by atoms with Crippen molar-refractivity contribution in [1.29, 1.82) is 0 Å². The number of nitrogens with one attached hydrogen (secondary N) is 1. The van der Waals surface area contributed by atoms with Gasteiger partial charge in [0.25, 0.3) is 0 Å². The number of fused-ring (bicyclic) bond motifs is 1. The largest absolute Gasteiger partial charge is 0.380 e. The van der Waals surface area contributed by atoms with Gasteiger partial charge in [0.2, 0.25) is 0 Å². The summed E-state index contributed by atoms with van der Waals surface area (Å²) in [6.45, 7) is 5.36. The fraction of sp³-hybridized carbons (Fsp3) is 0.391. The summed E-state index contributed by atoms with van der Waals surface area (Å²) < 4.78 is 0. The molecule has 1 unspecified atom stereocenters. The minimum absolute atomic E-state index is 0.364. The first-order chi connectivity index (χ1) is 13.3. The molecule has 4 nitrogen and oxygen atoms in total. The number of hydrogen-bond acceptors (Lipinski definition) is 4. The highest BCUT2D eigenvalue weighted by Gasteiger charge is 2.21. The number of aryl methyl sites for hydroxylation is 1. The zero-order chi connectivity index (χ0) is 18.5. The van der Waals surface area contributed by atoms with Crippen molar-refractivity contribution in [3.05, 3.63) is 66.1 Å². The van der Waals surface area contributed by atoms with Crippen LogP contribution in [-0.4, -0.2) is 34.5 Å². The number of hydrogen-bond donors (Lipinski definition) is 1. The Morgan fingerprint density at radius 2 is 1.78 bits per heavy atom. The van der Waals surface area contributed by atoms with Gasteiger partial charge in [-0.25, -0.2) is 0 Å². The molecule has 4 heteroatoms. The van der Waals surface area contributed by atoms with E-state index in [-0.39, 0.29) is 0 Å². The highest BCUT2D eigenvalue weighted by molar-refractivity contribution is 5.88. The summed E-state index contributed by atoms with van der Waals surface area (Å²) in [6.07, 6.45) is 10.9. The lowest BCUT2D eigenvalue weighted by Gasteiger charge is -2.31. The first-order valence-corrected chi connectivity index (χ1v) is 10.0. The van der Waals surface area contributed by atoms with Crippen LogP contribution < -0.4 is 5.32 Å². The number of benzene rings is 1. The molecule has 0 radical (unpaired) electrons. The van der Waals surface area contributed by atoms with Crippen LogP contribution in [0.3, 0.4) is 0 Å². The lowest BCUT2D eigenvalue weighted by molar-refractivity contribution is 0.213. The van der Waals surface area contributed by atoms with Crippen LogP contribution in [0.15, 0.2) is 55.0 Å². The maximum Gasteiger partial charge on any atom is 0.0964 e. The molecule has 140 valence electrons. The second kappa shape index (κ2) is 8.49. The zero-order valence-corrected chi connectivity index (χ0v) is 16.1. The summed E-state index contributed by atoms with van der Waals surface area (Å²) in [6, 6.07) is 13.4. The maximum atomic E-state index is 4.55. The van der Waals surface area contributed by atoms with Gasteiger partial charge < -0.3 is 5.32 Å². The molecule has 3 heterocycles. The quantitative estimate of drug-likeness (QED) is 0.698. The number of nitrogens with zero attached hydrogens (tertiary/aromatic N) is 3. The fourth-order valence-corrected chi connectivity index (χ4v) is 3.99. The van der Waals surface area contributed by atoms with E-state index in [1.54, 1.807) is 0 Å². The molecule has 3 aromatic rings. The second-order valence-electron chi connectivity index (χ2n) is 7.52. The van der Waals surface area contributed by atoms with Crippen LogP contribution in [0.5, 0.6) is 0 Å². The Morgan fingerprint density at radius 3 is 2.56 bits per heavy atom. The van der Waals surface area contributed by atoms with Crippen LogP contribution >= 0.6 is 0 Å². The Morgan fingerprint density at radius 1 is 1.00 bits per heavy atom. The van der Waals surface area contributed by atoms with E-state index in [9.17, 15) is 0 Å². The molecule has 0 aliphatic carbocycles. The first-order valence-electron chi connectivity index (χ1n) is 10.0. The van der Waals surface area contributed by atoms with E-state index >= 15 is 0 Å². The van der Waals surface area contributed by atoms with Crippen molar-refractivity contribution in [3.63, 3.8) is 0 Å². The smallest absolute Gasteiger partial charge is 0.0964 e. The van der Waals surface area contributed by atoms with Gasteiger partial charge in [0, 0.05) is 24.3 Å². The zero-order valence-electron chi connectivity index (χ0n) is 16.1. The first kappa shape index (κ1) is 17.9. The fourth-order valence-electron chi connectivity index (χ4n) is 3.99. The second-order valence-corrected chi connectivity index (χ2v) is 7.52. The monoisotopic (exact) mass is 360 g/mol. The van der Waals surface area contributed by atoms with Gasteiger partial charge in [0.1, 0.15) is 0 Å². The van der Waals surface area contributed by atoms with Crippen LogP contribution in [0.25, 0.3) is 10.9 Å². The van der Waals surface area contributed by atoms with Gasteiger partial charge in [-0.3, -0.25) is 14.9 Å². The van der Waals surface area contributed by atoms with E-state index in [2.05, 4.69) is 57.4 Å². The van der Waals surface area contributed by atoms with E-state index in [0.717, 1.165) is 23.1 Å². The lowest BCUT2D eigenvalue weighted by atomic mass is 10.0. The maximum absolute atomic E-state index is 4.55. The van der Waals surface area contributed by atoms with Crippen molar-refractivity contribution in [2.75, 3.05) is 25.0 Å². The van der Waals surface area contributed by atoms with Gasteiger partial charge in [0.15, 0.2) is 0 Å². The van der Waals surface area contributed by atoms with E-state index in [1.165, 1.54) is 49.9 Å². The molecule has 0 spiro atoms. The van der Waals surface area contributed by atoms with Gasteiger partial charge in [0.05, 0.1) is 23.4 Å². The standard InChI is InChI=1S/C23H28N4/c1-18-8-10-19(11-9-18)22(27-13-4-2-3-5-14-27)17-26-21-16-24-15-20-7-6-12-25-23(20)21/h6-12,15-16,22,26H,2-5,13-14,17H2,1H3. The Balaban J connectivity index is 1.59. The molecule has 27 heavy (non-hydrogen) atoms. The van der Waals surface area contributed by atoms with Gasteiger partial charge in [-0.05, 0) is 50.6 Å². The molecule has 2 aromatic heterocycles. The Hall–Kier alpha value is -2.46. The third kappa shape index (κ3) is 4.28. The van der Waals surface area contributed by atoms with E-state index in [4.69, 9.17) is 0 Å². The summed E-state index contributed by atoms with van der Waals surface area (Å²) in [7, 11) is 0. The summed E-state index contributed by atoms with van der Waals surface area (Å²) >= 11 is 0. The van der Waals surface area contributed by atoms with Crippen LogP contribution in [0, 0.1) is 6.92 Å². The molecule has 1 fully saturated rings. The highest BCUT2D eigenvalue weighted by atomic mass is 15.2. The molecule has 0 bridgehead atoms. The van der Waals surface area contributed by atoms with Crippen LogP contribution in [-0.2, 0) is 0 Å². The Bertz CT molecular complexity index is 862. The summed E-state index contributed by atoms with van der Waals surface area (Å²) in [5.41, 5.74) is 4.70. The summed E-state index contributed by atoms with van der Waals surface area (Å²) in [4.78, 5) is 11.6. The average molecular weight is 361 g/mol. The summed E-state index contributed by atoms with van der Waals surface area (Å²) in [5, 5.41) is 4.73. The SMILES string of the molecule is Cc1ccc(C(CNc2cncc3cccnc23)N2CCCCCC2)cc1. The number of rotatable bonds is 5. The third-order valence-corrected chi connectivity index (χ3v) is 5.54.